The molecule has 41 heavy (non-hydrogen) atoms. The number of carbonyl (C=O) groups is 1. The first kappa shape index (κ1) is 28.1. The van der Waals surface area contributed by atoms with Gasteiger partial charge in [-0.25, -0.2) is 35.9 Å². The van der Waals surface area contributed by atoms with Gasteiger partial charge in [-0.05, 0) is 61.8 Å². The highest BCUT2D eigenvalue weighted by molar-refractivity contribution is 7.90. The second kappa shape index (κ2) is 10.3. The average Bonchev–Trinajstić information content (AvgIpc) is 3.34. The number of rotatable bonds is 9. The van der Waals surface area contributed by atoms with Gasteiger partial charge in [-0.15, -0.1) is 0 Å². The van der Waals surface area contributed by atoms with E-state index in [2.05, 4.69) is 15.3 Å². The van der Waals surface area contributed by atoms with Crippen LogP contribution in [-0.4, -0.2) is 47.5 Å². The van der Waals surface area contributed by atoms with Gasteiger partial charge >= 0.3 is 0 Å². The normalized spacial score (nSPS) is 22.6. The first-order valence-electron chi connectivity index (χ1n) is 13.8. The van der Waals surface area contributed by atoms with E-state index in [4.69, 9.17) is 4.74 Å². The Morgan fingerprint density at radius 2 is 1.88 bits per heavy atom. The van der Waals surface area contributed by atoms with Crippen molar-refractivity contribution in [1.29, 1.82) is 0 Å². The second-order valence-corrected chi connectivity index (χ2v) is 13.2. The van der Waals surface area contributed by atoms with Gasteiger partial charge in [0.15, 0.2) is 21.3 Å². The number of sulfone groups is 1. The van der Waals surface area contributed by atoms with Gasteiger partial charge in [0.25, 0.3) is 12.3 Å². The zero-order valence-electron chi connectivity index (χ0n) is 22.4. The highest BCUT2D eigenvalue weighted by Gasteiger charge is 2.60. The van der Waals surface area contributed by atoms with Crippen LogP contribution in [0.25, 0.3) is 11.2 Å². The Labute approximate surface area is 234 Å². The van der Waals surface area contributed by atoms with Crippen LogP contribution in [-0.2, 0) is 25.8 Å². The molecule has 3 heterocycles. The smallest absolute Gasteiger partial charge is 0.295 e. The number of nitrogens with zero attached hydrogens (tertiary/aromatic N) is 3. The van der Waals surface area contributed by atoms with Crippen molar-refractivity contribution in [2.45, 2.75) is 80.8 Å². The van der Waals surface area contributed by atoms with Gasteiger partial charge in [0.1, 0.15) is 17.5 Å². The van der Waals surface area contributed by atoms with Crippen LogP contribution in [0, 0.1) is 5.92 Å². The maximum Gasteiger partial charge on any atom is 0.295 e. The number of imidazole rings is 1. The molecule has 2 atom stereocenters. The van der Waals surface area contributed by atoms with Gasteiger partial charge in [-0.1, -0.05) is 12.5 Å². The number of fused-ring (bicyclic) bond motifs is 1. The minimum absolute atomic E-state index is 0.00884. The fraction of sp³-hybridized carbons (Fsp3) is 0.536. The van der Waals surface area contributed by atoms with E-state index < -0.39 is 58.8 Å². The predicted octanol–water partition coefficient (Wildman–Crippen LogP) is 6.25. The number of ether oxygens (including phenoxy) is 1. The minimum Gasteiger partial charge on any atom is -0.358 e. The Kier molecular flexibility index (Phi) is 7.08. The number of anilines is 2. The fourth-order valence-corrected chi connectivity index (χ4v) is 6.51. The molecule has 3 aromatic rings. The third kappa shape index (κ3) is 5.45. The SMILES string of the molecule is CS(=O)(=O)c1cc(C2CCC2)ccc1Nc1cc(CC(=O)C2CC2(F)F)nc2c1nc(C(F)F)n2C1CCCCO1. The molecular weight excluding hydrogens is 564 g/mol. The molecule has 1 aromatic carbocycles. The molecule has 2 saturated carbocycles. The Balaban J connectivity index is 1.48. The van der Waals surface area contributed by atoms with Crippen LogP contribution >= 0.6 is 0 Å². The summed E-state index contributed by atoms with van der Waals surface area (Å²) < 4.78 is 88.3. The Morgan fingerprint density at radius 3 is 2.46 bits per heavy atom. The summed E-state index contributed by atoms with van der Waals surface area (Å²) in [6.07, 6.45) is 1.31. The molecule has 8 nitrogen and oxygen atoms in total. The van der Waals surface area contributed by atoms with Gasteiger partial charge in [0, 0.05) is 25.7 Å². The lowest BCUT2D eigenvalue weighted by molar-refractivity contribution is -0.121. The van der Waals surface area contributed by atoms with E-state index in [1.807, 2.05) is 6.07 Å². The van der Waals surface area contributed by atoms with Crippen LogP contribution in [0.5, 0.6) is 0 Å². The van der Waals surface area contributed by atoms with Crippen molar-refractivity contribution < 1.29 is 35.5 Å². The number of Topliss-reactive ketones (excluding diaryl/α,β-unsaturated/α-hetero) is 1. The van der Waals surface area contributed by atoms with Gasteiger partial charge in [-0.2, -0.15) is 0 Å². The Bertz CT molecular complexity index is 1610. The van der Waals surface area contributed by atoms with Gasteiger partial charge in [-0.3, -0.25) is 9.36 Å². The average molecular weight is 595 g/mol. The van der Waals surface area contributed by atoms with Crippen LogP contribution in [0.3, 0.4) is 0 Å². The molecule has 1 saturated heterocycles. The standard InChI is InChI=1S/C28H30F4N4O4S/c1-41(38,39)22-11-16(15-5-4-6-15)8-9-19(22)34-20-12-17(13-21(37)18-14-28(18,31)32)33-26-24(20)35-27(25(29)30)36(26)23-7-2-3-10-40-23/h8-9,11-12,15,18,23,25H,2-7,10,13-14H2,1H3,(H,33,34). The van der Waals surface area contributed by atoms with Crippen LogP contribution in [0.1, 0.15) is 80.6 Å². The van der Waals surface area contributed by atoms with E-state index in [1.54, 1.807) is 12.1 Å². The number of nitrogens with one attached hydrogen (secondary N) is 1. The number of benzene rings is 1. The minimum atomic E-state index is -3.71. The summed E-state index contributed by atoms with van der Waals surface area (Å²) in [4.78, 5) is 21.3. The highest BCUT2D eigenvalue weighted by Crippen LogP contribution is 2.49. The number of pyridine rings is 1. The van der Waals surface area contributed by atoms with Crippen molar-refractivity contribution in [3.8, 4) is 0 Å². The van der Waals surface area contributed by atoms with Crippen LogP contribution in [0.2, 0.25) is 0 Å². The summed E-state index contributed by atoms with van der Waals surface area (Å²) in [5.74, 6) is -5.48. The van der Waals surface area contributed by atoms with Crippen LogP contribution in [0.15, 0.2) is 29.2 Å². The van der Waals surface area contributed by atoms with Crippen molar-refractivity contribution >= 4 is 38.2 Å². The van der Waals surface area contributed by atoms with Crippen molar-refractivity contribution in [2.24, 2.45) is 5.92 Å². The first-order valence-corrected chi connectivity index (χ1v) is 15.6. The summed E-state index contributed by atoms with van der Waals surface area (Å²) >= 11 is 0. The van der Waals surface area contributed by atoms with Crippen molar-refractivity contribution in [1.82, 2.24) is 14.5 Å². The molecule has 13 heteroatoms. The maximum absolute atomic E-state index is 14.3. The summed E-state index contributed by atoms with van der Waals surface area (Å²) in [6, 6.07) is 6.47. The number of carbonyl (C=O) groups excluding carboxylic acids is 1. The van der Waals surface area contributed by atoms with Crippen LogP contribution < -0.4 is 5.32 Å². The molecule has 2 aromatic heterocycles. The van der Waals surface area contributed by atoms with E-state index in [1.165, 1.54) is 10.6 Å². The summed E-state index contributed by atoms with van der Waals surface area (Å²) in [5.41, 5.74) is 1.36. The lowest BCUT2D eigenvalue weighted by atomic mass is 9.80. The molecular formula is C28H30F4N4O4S. The number of halogens is 4. The number of alkyl halides is 4. The monoisotopic (exact) mass is 594 g/mol. The quantitative estimate of drug-likeness (QED) is 0.292. The maximum atomic E-state index is 14.3. The summed E-state index contributed by atoms with van der Waals surface area (Å²) in [7, 11) is -3.71. The summed E-state index contributed by atoms with van der Waals surface area (Å²) in [5, 5.41) is 3.04. The van der Waals surface area contributed by atoms with Crippen molar-refractivity contribution in [3.63, 3.8) is 0 Å². The first-order chi connectivity index (χ1) is 19.4. The number of hydrogen-bond donors (Lipinski definition) is 1. The zero-order valence-corrected chi connectivity index (χ0v) is 23.2. The molecule has 0 radical (unpaired) electrons. The van der Waals surface area contributed by atoms with Crippen molar-refractivity contribution in [3.05, 3.63) is 41.3 Å². The largest absolute Gasteiger partial charge is 0.358 e. The van der Waals surface area contributed by atoms with E-state index in [0.717, 1.165) is 43.9 Å². The molecule has 1 aliphatic heterocycles. The third-order valence-electron chi connectivity index (χ3n) is 8.19. The van der Waals surface area contributed by atoms with Gasteiger partial charge < -0.3 is 10.1 Å². The molecule has 1 N–H and O–H groups in total. The Morgan fingerprint density at radius 1 is 1.12 bits per heavy atom. The van der Waals surface area contributed by atoms with E-state index in [-0.39, 0.29) is 39.0 Å². The van der Waals surface area contributed by atoms with E-state index >= 15 is 0 Å². The fourth-order valence-electron chi connectivity index (χ4n) is 5.64. The number of hydrogen-bond acceptors (Lipinski definition) is 7. The van der Waals surface area contributed by atoms with Gasteiger partial charge in [0.05, 0.1) is 27.9 Å². The zero-order chi connectivity index (χ0) is 29.1. The molecule has 3 fully saturated rings. The lowest BCUT2D eigenvalue weighted by Crippen LogP contribution is -2.21. The topological polar surface area (TPSA) is 103 Å². The van der Waals surface area contributed by atoms with Crippen LogP contribution in [0.4, 0.5) is 28.9 Å². The molecule has 2 unspecified atom stereocenters. The molecule has 3 aliphatic rings. The molecule has 0 amide bonds. The van der Waals surface area contributed by atoms with Crippen molar-refractivity contribution in [2.75, 3.05) is 18.2 Å². The number of ketones is 1. The predicted molar refractivity (Wildman–Crippen MR) is 143 cm³/mol. The lowest BCUT2D eigenvalue weighted by Gasteiger charge is -2.26. The van der Waals surface area contributed by atoms with E-state index in [9.17, 15) is 30.8 Å². The molecule has 0 spiro atoms. The molecule has 2 aliphatic carbocycles. The van der Waals surface area contributed by atoms with E-state index in [0.29, 0.717) is 13.0 Å². The highest BCUT2D eigenvalue weighted by atomic mass is 32.2. The Hall–Kier alpha value is -3.06. The summed E-state index contributed by atoms with van der Waals surface area (Å²) in [6.45, 7) is 0.359. The number of aromatic nitrogens is 3. The second-order valence-electron chi connectivity index (χ2n) is 11.2. The molecule has 6 rings (SSSR count). The molecule has 0 bridgehead atoms. The molecule has 220 valence electrons. The van der Waals surface area contributed by atoms with Gasteiger partial charge in [0.2, 0.25) is 0 Å². The third-order valence-corrected chi connectivity index (χ3v) is 9.33.